The summed E-state index contributed by atoms with van der Waals surface area (Å²) in [7, 11) is 0. The standard InChI is InChI=1S/C9H4F2NS/c10-6-2-1-3-7(11)8(6)9-12-4-5-13-9/h1-3,5H. The third-order valence-corrected chi connectivity index (χ3v) is 2.31. The fourth-order valence-electron chi connectivity index (χ4n) is 1.01. The van der Waals surface area contributed by atoms with Crippen LogP contribution in [0.4, 0.5) is 8.78 Å². The van der Waals surface area contributed by atoms with Gasteiger partial charge in [0.05, 0.1) is 5.56 Å². The zero-order valence-corrected chi connectivity index (χ0v) is 7.24. The molecular weight excluding hydrogens is 192 g/mol. The summed E-state index contributed by atoms with van der Waals surface area (Å²) in [4.78, 5) is 3.72. The highest BCUT2D eigenvalue weighted by Crippen LogP contribution is 2.26. The lowest BCUT2D eigenvalue weighted by Crippen LogP contribution is -1.87. The first-order chi connectivity index (χ1) is 6.29. The van der Waals surface area contributed by atoms with Crippen molar-refractivity contribution in [3.8, 4) is 10.6 Å². The number of rotatable bonds is 1. The van der Waals surface area contributed by atoms with E-state index in [1.54, 1.807) is 5.38 Å². The van der Waals surface area contributed by atoms with Crippen LogP contribution in [0.2, 0.25) is 0 Å². The Labute approximate surface area is 77.7 Å². The Hall–Kier alpha value is -1.29. The topological polar surface area (TPSA) is 12.9 Å². The molecule has 1 aromatic heterocycles. The summed E-state index contributed by atoms with van der Waals surface area (Å²) in [5.74, 6) is -1.19. The summed E-state index contributed by atoms with van der Waals surface area (Å²) in [6, 6.07) is 3.74. The largest absolute Gasteiger partial charge is 0.234 e. The molecule has 0 amide bonds. The van der Waals surface area contributed by atoms with Gasteiger partial charge < -0.3 is 0 Å². The van der Waals surface area contributed by atoms with E-state index in [1.807, 2.05) is 0 Å². The van der Waals surface area contributed by atoms with Crippen molar-refractivity contribution in [2.75, 3.05) is 0 Å². The number of nitrogens with zero attached hydrogens (tertiary/aromatic N) is 1. The second-order valence-electron chi connectivity index (χ2n) is 2.38. The number of benzene rings is 1. The first kappa shape index (κ1) is 8.31. The Morgan fingerprint density at radius 2 is 1.92 bits per heavy atom. The molecule has 0 spiro atoms. The summed E-state index contributed by atoms with van der Waals surface area (Å²) in [5, 5.41) is 1.87. The van der Waals surface area contributed by atoms with Crippen molar-refractivity contribution in [1.29, 1.82) is 0 Å². The Morgan fingerprint density at radius 3 is 2.46 bits per heavy atom. The van der Waals surface area contributed by atoms with Gasteiger partial charge in [0.1, 0.15) is 22.8 Å². The Bertz CT molecular complexity index is 391. The Balaban J connectivity index is 2.64. The molecule has 1 radical (unpaired) electrons. The molecule has 65 valence electrons. The third-order valence-electron chi connectivity index (χ3n) is 1.57. The van der Waals surface area contributed by atoms with Gasteiger partial charge in [-0.05, 0) is 12.1 Å². The minimum atomic E-state index is -0.594. The van der Waals surface area contributed by atoms with Gasteiger partial charge in [0.15, 0.2) is 0 Å². The van der Waals surface area contributed by atoms with Crippen molar-refractivity contribution in [1.82, 2.24) is 4.98 Å². The van der Waals surface area contributed by atoms with Crippen LogP contribution in [0.5, 0.6) is 0 Å². The van der Waals surface area contributed by atoms with Gasteiger partial charge in [-0.1, -0.05) is 6.07 Å². The van der Waals surface area contributed by atoms with Crippen LogP contribution in [0.3, 0.4) is 0 Å². The number of halogens is 2. The third kappa shape index (κ3) is 1.45. The molecule has 0 saturated carbocycles. The lowest BCUT2D eigenvalue weighted by Gasteiger charge is -1.99. The van der Waals surface area contributed by atoms with Gasteiger partial charge in [-0.3, -0.25) is 0 Å². The van der Waals surface area contributed by atoms with Crippen LogP contribution >= 0.6 is 11.3 Å². The van der Waals surface area contributed by atoms with Gasteiger partial charge in [0.2, 0.25) is 0 Å². The zero-order valence-electron chi connectivity index (χ0n) is 6.42. The number of thiazole rings is 1. The number of hydrogen-bond acceptors (Lipinski definition) is 2. The first-order valence-corrected chi connectivity index (χ1v) is 4.43. The molecule has 4 heteroatoms. The maximum Gasteiger partial charge on any atom is 0.136 e. The minimum Gasteiger partial charge on any atom is -0.234 e. The number of hydrogen-bond donors (Lipinski definition) is 0. The van der Waals surface area contributed by atoms with Crippen LogP contribution < -0.4 is 0 Å². The van der Waals surface area contributed by atoms with Gasteiger partial charge in [0, 0.05) is 5.38 Å². The quantitative estimate of drug-likeness (QED) is 0.683. The molecule has 0 aliphatic heterocycles. The average Bonchev–Trinajstić information content (AvgIpc) is 2.57. The maximum absolute atomic E-state index is 13.1. The smallest absolute Gasteiger partial charge is 0.136 e. The molecule has 0 aliphatic carbocycles. The van der Waals surface area contributed by atoms with Crippen molar-refractivity contribution < 1.29 is 8.78 Å². The molecule has 2 rings (SSSR count). The average molecular weight is 196 g/mol. The highest BCUT2D eigenvalue weighted by atomic mass is 32.1. The summed E-state index contributed by atoms with van der Waals surface area (Å²) in [6.07, 6.45) is 2.52. The van der Waals surface area contributed by atoms with Gasteiger partial charge in [-0.2, -0.15) is 0 Å². The number of aromatic nitrogens is 1. The van der Waals surface area contributed by atoms with Crippen LogP contribution in [0.1, 0.15) is 0 Å². The zero-order chi connectivity index (χ0) is 9.26. The fourth-order valence-corrected chi connectivity index (χ4v) is 1.65. The molecule has 0 aliphatic rings. The van der Waals surface area contributed by atoms with Crippen molar-refractivity contribution in [3.63, 3.8) is 0 Å². The molecule has 0 saturated heterocycles. The highest BCUT2D eigenvalue weighted by molar-refractivity contribution is 7.13. The van der Waals surface area contributed by atoms with Crippen LogP contribution in [0.15, 0.2) is 23.6 Å². The van der Waals surface area contributed by atoms with E-state index < -0.39 is 11.6 Å². The van der Waals surface area contributed by atoms with Gasteiger partial charge >= 0.3 is 0 Å². The van der Waals surface area contributed by atoms with Crippen molar-refractivity contribution in [2.24, 2.45) is 0 Å². The van der Waals surface area contributed by atoms with E-state index in [-0.39, 0.29) is 5.56 Å². The fraction of sp³-hybridized carbons (Fsp3) is 0. The molecular formula is C9H4F2NS. The lowest BCUT2D eigenvalue weighted by atomic mass is 10.2. The summed E-state index contributed by atoms with van der Waals surface area (Å²) >= 11 is 1.16. The molecule has 0 atom stereocenters. The van der Waals surface area contributed by atoms with E-state index in [0.29, 0.717) is 5.01 Å². The van der Waals surface area contributed by atoms with E-state index in [4.69, 9.17) is 0 Å². The predicted octanol–water partition coefficient (Wildman–Crippen LogP) is 2.89. The molecule has 13 heavy (non-hydrogen) atoms. The van der Waals surface area contributed by atoms with E-state index in [0.717, 1.165) is 11.3 Å². The minimum absolute atomic E-state index is 0.0752. The van der Waals surface area contributed by atoms with Gasteiger partial charge in [-0.25, -0.2) is 13.8 Å². The van der Waals surface area contributed by atoms with Crippen molar-refractivity contribution >= 4 is 11.3 Å². The molecule has 0 unspecified atom stereocenters. The van der Waals surface area contributed by atoms with Crippen LogP contribution in [-0.2, 0) is 0 Å². The molecule has 0 N–H and O–H groups in total. The second-order valence-corrected chi connectivity index (χ2v) is 3.24. The molecule has 1 aromatic carbocycles. The summed E-state index contributed by atoms with van der Waals surface area (Å²) in [6.45, 7) is 0. The van der Waals surface area contributed by atoms with Crippen molar-refractivity contribution in [2.45, 2.75) is 0 Å². The molecule has 1 nitrogen and oxygen atoms in total. The van der Waals surface area contributed by atoms with Crippen LogP contribution in [0.25, 0.3) is 10.6 Å². The second kappa shape index (κ2) is 3.22. The van der Waals surface area contributed by atoms with E-state index >= 15 is 0 Å². The van der Waals surface area contributed by atoms with E-state index in [2.05, 4.69) is 11.2 Å². The SMILES string of the molecule is Fc1cccc(F)c1-c1n[c]cs1. The molecule has 0 fully saturated rings. The Kier molecular flexibility index (Phi) is 2.06. The molecule has 1 heterocycles. The highest BCUT2D eigenvalue weighted by Gasteiger charge is 2.12. The Morgan fingerprint density at radius 1 is 1.23 bits per heavy atom. The molecule has 0 bridgehead atoms. The lowest BCUT2D eigenvalue weighted by molar-refractivity contribution is 0.589. The van der Waals surface area contributed by atoms with Crippen LogP contribution in [0, 0.1) is 17.8 Å². The van der Waals surface area contributed by atoms with Crippen LogP contribution in [-0.4, -0.2) is 4.98 Å². The monoisotopic (exact) mass is 196 g/mol. The van der Waals surface area contributed by atoms with Gasteiger partial charge in [0.25, 0.3) is 0 Å². The summed E-state index contributed by atoms with van der Waals surface area (Å²) < 4.78 is 26.3. The summed E-state index contributed by atoms with van der Waals surface area (Å²) in [5.41, 5.74) is -0.0752. The van der Waals surface area contributed by atoms with Crippen molar-refractivity contribution in [3.05, 3.63) is 41.4 Å². The maximum atomic E-state index is 13.1. The molecule has 2 aromatic rings. The normalized spacial score (nSPS) is 10.3. The predicted molar refractivity (Wildman–Crippen MR) is 46.3 cm³/mol. The first-order valence-electron chi connectivity index (χ1n) is 3.55. The van der Waals surface area contributed by atoms with E-state index in [9.17, 15) is 8.78 Å². The van der Waals surface area contributed by atoms with Gasteiger partial charge in [-0.15, -0.1) is 11.3 Å². The van der Waals surface area contributed by atoms with E-state index in [1.165, 1.54) is 18.2 Å².